The van der Waals surface area contributed by atoms with E-state index >= 15 is 0 Å². The molecule has 1 rings (SSSR count). The number of phenolic OH excluding ortho intramolecular Hbond substituents is 1. The van der Waals surface area contributed by atoms with Gasteiger partial charge in [-0.3, -0.25) is 9.00 Å². The zero-order valence-corrected chi connectivity index (χ0v) is 10.8. The minimum Gasteiger partial charge on any atom is -0.508 e. The molecule has 0 aliphatic rings. The molecule has 0 heterocycles. The molecular weight excluding hydrogens is 238 g/mol. The highest BCUT2D eigenvalue weighted by atomic mass is 32.2. The minimum absolute atomic E-state index is 0.0788. The van der Waals surface area contributed by atoms with Crippen LogP contribution in [0.15, 0.2) is 24.3 Å². The van der Waals surface area contributed by atoms with Gasteiger partial charge >= 0.3 is 0 Å². The third-order valence-electron chi connectivity index (χ3n) is 2.53. The first-order chi connectivity index (χ1) is 8.00. The zero-order valence-electron chi connectivity index (χ0n) is 9.97. The number of hydrogen-bond acceptors (Lipinski definition) is 3. The summed E-state index contributed by atoms with van der Waals surface area (Å²) < 4.78 is 11.1. The maximum absolute atomic E-state index is 11.6. The van der Waals surface area contributed by atoms with E-state index < -0.39 is 10.8 Å². The van der Waals surface area contributed by atoms with Gasteiger partial charge in [-0.05, 0) is 30.7 Å². The van der Waals surface area contributed by atoms with Crippen LogP contribution < -0.4 is 5.32 Å². The second-order valence-corrected chi connectivity index (χ2v) is 5.70. The standard InChI is InChI=1S/C12H17NO3S/c1-9(17(2)16)7-8-13-12(15)10-3-5-11(14)6-4-10/h3-6,9,14H,7-8H2,1-2H3,(H,13,15). The zero-order chi connectivity index (χ0) is 12.8. The van der Waals surface area contributed by atoms with Crippen LogP contribution >= 0.6 is 0 Å². The van der Waals surface area contributed by atoms with Crippen LogP contribution in [-0.4, -0.2) is 33.3 Å². The lowest BCUT2D eigenvalue weighted by Crippen LogP contribution is -2.27. The summed E-state index contributed by atoms with van der Waals surface area (Å²) in [5.74, 6) is -0.0457. The lowest BCUT2D eigenvalue weighted by molar-refractivity contribution is 0.0953. The van der Waals surface area contributed by atoms with Crippen LogP contribution in [0.3, 0.4) is 0 Å². The Morgan fingerprint density at radius 1 is 1.41 bits per heavy atom. The van der Waals surface area contributed by atoms with E-state index in [9.17, 15) is 9.00 Å². The maximum Gasteiger partial charge on any atom is 0.251 e. The Morgan fingerprint density at radius 3 is 2.53 bits per heavy atom. The predicted octanol–water partition coefficient (Wildman–Crippen LogP) is 1.28. The number of hydrogen-bond donors (Lipinski definition) is 2. The van der Waals surface area contributed by atoms with E-state index in [0.717, 1.165) is 0 Å². The van der Waals surface area contributed by atoms with Crippen LogP contribution in [0.4, 0.5) is 0 Å². The average Bonchev–Trinajstić information content (AvgIpc) is 2.29. The Morgan fingerprint density at radius 2 is 2.00 bits per heavy atom. The summed E-state index contributed by atoms with van der Waals surface area (Å²) >= 11 is 0. The normalized spacial score (nSPS) is 14.0. The summed E-state index contributed by atoms with van der Waals surface area (Å²) in [6.45, 7) is 2.39. The number of rotatable bonds is 5. The average molecular weight is 255 g/mol. The highest BCUT2D eigenvalue weighted by molar-refractivity contribution is 7.84. The Bertz CT molecular complexity index is 403. The van der Waals surface area contributed by atoms with E-state index in [1.807, 2.05) is 6.92 Å². The molecule has 94 valence electrons. The number of benzene rings is 1. The largest absolute Gasteiger partial charge is 0.508 e. The Labute approximate surface area is 104 Å². The first-order valence-corrected chi connectivity index (χ1v) is 7.02. The Hall–Kier alpha value is -1.36. The van der Waals surface area contributed by atoms with Crippen molar-refractivity contribution in [1.82, 2.24) is 5.32 Å². The minimum atomic E-state index is -0.857. The summed E-state index contributed by atoms with van der Waals surface area (Å²) in [5, 5.41) is 11.9. The third-order valence-corrected chi connectivity index (χ3v) is 3.90. The van der Waals surface area contributed by atoms with Crippen molar-refractivity contribution in [3.8, 4) is 5.75 Å². The van der Waals surface area contributed by atoms with Gasteiger partial charge in [0.1, 0.15) is 5.75 Å². The van der Waals surface area contributed by atoms with Crippen LogP contribution in [0.5, 0.6) is 5.75 Å². The van der Waals surface area contributed by atoms with Gasteiger partial charge in [-0.1, -0.05) is 6.92 Å². The van der Waals surface area contributed by atoms with Crippen molar-refractivity contribution < 1.29 is 14.1 Å². The summed E-state index contributed by atoms with van der Waals surface area (Å²) in [4.78, 5) is 11.6. The van der Waals surface area contributed by atoms with Gasteiger partial charge in [0, 0.05) is 34.4 Å². The van der Waals surface area contributed by atoms with Crippen molar-refractivity contribution in [3.63, 3.8) is 0 Å². The molecule has 0 spiro atoms. The monoisotopic (exact) mass is 255 g/mol. The molecule has 1 aromatic rings. The quantitative estimate of drug-likeness (QED) is 0.833. The molecule has 0 bridgehead atoms. The number of phenols is 1. The molecule has 0 aliphatic carbocycles. The Kier molecular flexibility index (Phi) is 5.15. The first kappa shape index (κ1) is 13.7. The molecule has 0 saturated heterocycles. The molecule has 5 heteroatoms. The van der Waals surface area contributed by atoms with Crippen LogP contribution in [0.2, 0.25) is 0 Å². The fourth-order valence-electron chi connectivity index (χ4n) is 1.27. The number of aromatic hydroxyl groups is 1. The van der Waals surface area contributed by atoms with Crippen molar-refractivity contribution in [1.29, 1.82) is 0 Å². The van der Waals surface area contributed by atoms with Gasteiger partial charge in [-0.2, -0.15) is 0 Å². The maximum atomic E-state index is 11.6. The fraction of sp³-hybridized carbons (Fsp3) is 0.417. The van der Waals surface area contributed by atoms with E-state index in [1.165, 1.54) is 12.1 Å². The first-order valence-electron chi connectivity index (χ1n) is 5.40. The molecule has 2 unspecified atom stereocenters. The molecule has 2 atom stereocenters. The molecule has 4 nitrogen and oxygen atoms in total. The van der Waals surface area contributed by atoms with Gasteiger partial charge in [0.05, 0.1) is 0 Å². The van der Waals surface area contributed by atoms with Gasteiger partial charge in [-0.25, -0.2) is 0 Å². The highest BCUT2D eigenvalue weighted by Crippen LogP contribution is 2.09. The molecular formula is C12H17NO3S. The number of amides is 1. The Balaban J connectivity index is 2.40. The second-order valence-electron chi connectivity index (χ2n) is 3.90. The summed E-state index contributed by atoms with van der Waals surface area (Å²) in [7, 11) is -0.857. The van der Waals surface area contributed by atoms with E-state index in [1.54, 1.807) is 18.4 Å². The SMILES string of the molecule is CC(CCNC(=O)c1ccc(O)cc1)S(C)=O. The molecule has 1 aromatic carbocycles. The van der Waals surface area contributed by atoms with E-state index in [-0.39, 0.29) is 16.9 Å². The van der Waals surface area contributed by atoms with Crippen molar-refractivity contribution in [3.05, 3.63) is 29.8 Å². The molecule has 0 saturated carbocycles. The van der Waals surface area contributed by atoms with Crippen molar-refractivity contribution >= 4 is 16.7 Å². The van der Waals surface area contributed by atoms with Crippen molar-refractivity contribution in [2.45, 2.75) is 18.6 Å². The topological polar surface area (TPSA) is 66.4 Å². The number of carbonyl (C=O) groups excluding carboxylic acids is 1. The third kappa shape index (κ3) is 4.56. The van der Waals surface area contributed by atoms with Crippen LogP contribution in [0.25, 0.3) is 0 Å². The molecule has 0 aliphatic heterocycles. The van der Waals surface area contributed by atoms with Crippen LogP contribution in [0.1, 0.15) is 23.7 Å². The van der Waals surface area contributed by atoms with Crippen molar-refractivity contribution in [2.75, 3.05) is 12.8 Å². The second kappa shape index (κ2) is 6.39. The number of nitrogens with one attached hydrogen (secondary N) is 1. The molecule has 17 heavy (non-hydrogen) atoms. The predicted molar refractivity (Wildman–Crippen MR) is 68.6 cm³/mol. The van der Waals surface area contributed by atoms with E-state index in [4.69, 9.17) is 5.11 Å². The van der Waals surface area contributed by atoms with Crippen molar-refractivity contribution in [2.24, 2.45) is 0 Å². The lowest BCUT2D eigenvalue weighted by atomic mass is 10.2. The fourth-order valence-corrected chi connectivity index (χ4v) is 1.72. The summed E-state index contributed by atoms with van der Waals surface area (Å²) in [6, 6.07) is 6.06. The molecule has 0 aromatic heterocycles. The van der Waals surface area contributed by atoms with E-state index in [2.05, 4.69) is 5.32 Å². The summed E-state index contributed by atoms with van der Waals surface area (Å²) in [5.41, 5.74) is 0.507. The molecule has 2 N–H and O–H groups in total. The molecule has 1 amide bonds. The highest BCUT2D eigenvalue weighted by Gasteiger charge is 2.08. The molecule has 0 fully saturated rings. The molecule has 0 radical (unpaired) electrons. The van der Waals surface area contributed by atoms with Gasteiger partial charge in [-0.15, -0.1) is 0 Å². The van der Waals surface area contributed by atoms with Gasteiger partial charge in [0.25, 0.3) is 5.91 Å². The van der Waals surface area contributed by atoms with Crippen LogP contribution in [0, 0.1) is 0 Å². The van der Waals surface area contributed by atoms with E-state index in [0.29, 0.717) is 18.5 Å². The van der Waals surface area contributed by atoms with Crippen LogP contribution in [-0.2, 0) is 10.8 Å². The van der Waals surface area contributed by atoms with Gasteiger partial charge in [0.2, 0.25) is 0 Å². The smallest absolute Gasteiger partial charge is 0.251 e. The summed E-state index contributed by atoms with van der Waals surface area (Å²) in [6.07, 6.45) is 2.35. The van der Waals surface area contributed by atoms with Gasteiger partial charge < -0.3 is 10.4 Å². The lowest BCUT2D eigenvalue weighted by Gasteiger charge is -2.09. The van der Waals surface area contributed by atoms with Gasteiger partial charge in [0.15, 0.2) is 0 Å². The number of carbonyl (C=O) groups is 1.